The number of aromatic nitrogens is 1. The van der Waals surface area contributed by atoms with E-state index in [1.54, 1.807) is 0 Å². The highest BCUT2D eigenvalue weighted by atomic mass is 14.7. The minimum absolute atomic E-state index is 1.000. The number of nitrogens with zero attached hydrogens (tertiary/aromatic N) is 1. The summed E-state index contributed by atoms with van der Waals surface area (Å²) in [5, 5.41) is 1.20. The first kappa shape index (κ1) is 24.9. The Morgan fingerprint density at radius 3 is 1.62 bits per heavy atom. The second kappa shape index (κ2) is 12.5. The first-order chi connectivity index (χ1) is 16.7. The molecule has 1 heterocycles. The van der Waals surface area contributed by atoms with Crippen molar-refractivity contribution >= 4 is 10.9 Å². The number of hydrogen-bond acceptors (Lipinski definition) is 1. The van der Waals surface area contributed by atoms with Gasteiger partial charge in [0.15, 0.2) is 0 Å². The standard InChI is InChI=1S/C28H21N.C3H8.C2H6/c1-20-12-17-26(23-10-6-3-7-11-23)28-25(20)18-19-27(29-28)24-15-13-22(14-16-24)21-8-4-2-5-9-21;1-3-2;1-2/h2-19H,1H3;3H2,1-2H3;1-2H3. The molecule has 0 aliphatic rings. The molecule has 1 heteroatoms. The van der Waals surface area contributed by atoms with Crippen LogP contribution in [0, 0.1) is 6.92 Å². The van der Waals surface area contributed by atoms with Crippen LogP contribution in [0.4, 0.5) is 0 Å². The van der Waals surface area contributed by atoms with Crippen molar-refractivity contribution in [3.8, 4) is 33.5 Å². The average molecular weight is 446 g/mol. The van der Waals surface area contributed by atoms with E-state index in [0.717, 1.165) is 16.8 Å². The lowest BCUT2D eigenvalue weighted by Crippen LogP contribution is -1.91. The van der Waals surface area contributed by atoms with Crippen molar-refractivity contribution in [2.75, 3.05) is 0 Å². The summed E-state index contributed by atoms with van der Waals surface area (Å²) < 4.78 is 0. The Kier molecular flexibility index (Phi) is 9.17. The minimum Gasteiger partial charge on any atom is -0.247 e. The molecule has 0 N–H and O–H groups in total. The fourth-order valence-electron chi connectivity index (χ4n) is 3.84. The second-order valence-electron chi connectivity index (χ2n) is 8.04. The summed E-state index contributed by atoms with van der Waals surface area (Å²) in [5.74, 6) is 0. The smallest absolute Gasteiger partial charge is 0.0790 e. The predicted octanol–water partition coefficient (Wildman–Crippen LogP) is 9.99. The first-order valence-corrected chi connectivity index (χ1v) is 12.3. The van der Waals surface area contributed by atoms with Crippen molar-refractivity contribution in [3.05, 3.63) is 115 Å². The van der Waals surface area contributed by atoms with E-state index >= 15 is 0 Å². The average Bonchev–Trinajstić information content (AvgIpc) is 2.91. The SMILES string of the molecule is CC.CCC.Cc1ccc(-c2ccccc2)c2nc(-c3ccc(-c4ccccc4)cc3)ccc12. The van der Waals surface area contributed by atoms with E-state index in [1.807, 2.05) is 26.0 Å². The zero-order valence-corrected chi connectivity index (χ0v) is 21.0. The molecule has 0 aliphatic heterocycles. The highest BCUT2D eigenvalue weighted by molar-refractivity contribution is 5.96. The molecule has 34 heavy (non-hydrogen) atoms. The molecule has 0 spiro atoms. The van der Waals surface area contributed by atoms with Crippen molar-refractivity contribution in [2.24, 2.45) is 0 Å². The number of pyridine rings is 1. The Balaban J connectivity index is 0.000000603. The Bertz CT molecular complexity index is 1290. The fraction of sp³-hybridized carbons (Fsp3) is 0.182. The quantitative estimate of drug-likeness (QED) is 0.269. The lowest BCUT2D eigenvalue weighted by molar-refractivity contribution is 1.09. The van der Waals surface area contributed by atoms with Crippen LogP contribution in [-0.4, -0.2) is 4.98 Å². The number of benzene rings is 4. The third-order valence-corrected chi connectivity index (χ3v) is 5.45. The summed E-state index contributed by atoms with van der Waals surface area (Å²) in [5.41, 5.74) is 9.25. The van der Waals surface area contributed by atoms with Crippen LogP contribution in [0.5, 0.6) is 0 Å². The molecule has 0 saturated heterocycles. The topological polar surface area (TPSA) is 12.9 Å². The summed E-state index contributed by atoms with van der Waals surface area (Å²) in [4.78, 5) is 5.09. The predicted molar refractivity (Wildman–Crippen MR) is 150 cm³/mol. The molecule has 0 atom stereocenters. The van der Waals surface area contributed by atoms with Gasteiger partial charge in [-0.25, -0.2) is 4.98 Å². The molecular formula is C33H35N. The van der Waals surface area contributed by atoms with Gasteiger partial charge in [-0.15, -0.1) is 0 Å². The highest BCUT2D eigenvalue weighted by Crippen LogP contribution is 2.32. The molecule has 5 aromatic rings. The van der Waals surface area contributed by atoms with Gasteiger partial charge in [0.1, 0.15) is 0 Å². The molecule has 0 saturated carbocycles. The molecule has 1 nitrogen and oxygen atoms in total. The summed E-state index contributed by atoms with van der Waals surface area (Å²) in [6, 6.07) is 38.3. The maximum absolute atomic E-state index is 5.09. The van der Waals surface area contributed by atoms with E-state index < -0.39 is 0 Å². The van der Waals surface area contributed by atoms with Crippen LogP contribution >= 0.6 is 0 Å². The fourth-order valence-corrected chi connectivity index (χ4v) is 3.84. The van der Waals surface area contributed by atoms with Crippen LogP contribution < -0.4 is 0 Å². The van der Waals surface area contributed by atoms with E-state index in [0.29, 0.717) is 0 Å². The van der Waals surface area contributed by atoms with Crippen LogP contribution in [0.3, 0.4) is 0 Å². The molecule has 0 fully saturated rings. The van der Waals surface area contributed by atoms with Gasteiger partial charge in [-0.1, -0.05) is 137 Å². The lowest BCUT2D eigenvalue weighted by Gasteiger charge is -2.11. The third-order valence-electron chi connectivity index (χ3n) is 5.45. The molecule has 5 rings (SSSR count). The van der Waals surface area contributed by atoms with Gasteiger partial charge in [-0.05, 0) is 35.2 Å². The second-order valence-corrected chi connectivity index (χ2v) is 8.04. The number of fused-ring (bicyclic) bond motifs is 1. The summed E-state index contributed by atoms with van der Waals surface area (Å²) in [6.07, 6.45) is 1.25. The van der Waals surface area contributed by atoms with Crippen molar-refractivity contribution in [2.45, 2.75) is 41.0 Å². The number of aryl methyl sites for hydroxylation is 1. The van der Waals surface area contributed by atoms with Gasteiger partial charge >= 0.3 is 0 Å². The molecule has 172 valence electrons. The monoisotopic (exact) mass is 445 g/mol. The molecule has 0 aliphatic carbocycles. The summed E-state index contributed by atoms with van der Waals surface area (Å²) >= 11 is 0. The van der Waals surface area contributed by atoms with Gasteiger partial charge in [-0.2, -0.15) is 0 Å². The Morgan fingerprint density at radius 1 is 0.529 bits per heavy atom. The lowest BCUT2D eigenvalue weighted by atomic mass is 9.98. The van der Waals surface area contributed by atoms with E-state index in [-0.39, 0.29) is 0 Å². The Labute approximate surface area is 205 Å². The van der Waals surface area contributed by atoms with Gasteiger partial charge in [0.05, 0.1) is 11.2 Å². The molecule has 0 bridgehead atoms. The van der Waals surface area contributed by atoms with Gasteiger partial charge in [0, 0.05) is 16.5 Å². The van der Waals surface area contributed by atoms with E-state index in [2.05, 4.69) is 118 Å². The van der Waals surface area contributed by atoms with E-state index in [4.69, 9.17) is 4.98 Å². The zero-order valence-electron chi connectivity index (χ0n) is 21.0. The summed E-state index contributed by atoms with van der Waals surface area (Å²) in [7, 11) is 0. The maximum atomic E-state index is 5.09. The van der Waals surface area contributed by atoms with Crippen LogP contribution in [0.25, 0.3) is 44.4 Å². The van der Waals surface area contributed by atoms with Crippen LogP contribution in [0.1, 0.15) is 39.7 Å². The van der Waals surface area contributed by atoms with Crippen molar-refractivity contribution < 1.29 is 0 Å². The van der Waals surface area contributed by atoms with Crippen molar-refractivity contribution in [1.82, 2.24) is 4.98 Å². The minimum atomic E-state index is 1.000. The molecule has 0 radical (unpaired) electrons. The third kappa shape index (κ3) is 5.80. The van der Waals surface area contributed by atoms with E-state index in [9.17, 15) is 0 Å². The van der Waals surface area contributed by atoms with Crippen molar-refractivity contribution in [1.29, 1.82) is 0 Å². The van der Waals surface area contributed by atoms with Crippen LogP contribution in [-0.2, 0) is 0 Å². The first-order valence-electron chi connectivity index (χ1n) is 12.3. The van der Waals surface area contributed by atoms with Gasteiger partial charge < -0.3 is 0 Å². The normalized spacial score (nSPS) is 10.0. The van der Waals surface area contributed by atoms with Gasteiger partial charge in [-0.3, -0.25) is 0 Å². The Morgan fingerprint density at radius 2 is 1.03 bits per heavy atom. The summed E-state index contributed by atoms with van der Waals surface area (Å²) in [6.45, 7) is 10.4. The molecule has 0 amide bonds. The van der Waals surface area contributed by atoms with Gasteiger partial charge in [0.2, 0.25) is 0 Å². The molecule has 0 unspecified atom stereocenters. The van der Waals surface area contributed by atoms with E-state index in [1.165, 1.54) is 39.6 Å². The number of rotatable bonds is 3. The Hall–Kier alpha value is -3.71. The zero-order chi connectivity index (χ0) is 24.3. The molecular weight excluding hydrogens is 410 g/mol. The largest absolute Gasteiger partial charge is 0.247 e. The van der Waals surface area contributed by atoms with Gasteiger partial charge in [0.25, 0.3) is 0 Å². The molecule has 1 aromatic heterocycles. The van der Waals surface area contributed by atoms with Crippen molar-refractivity contribution in [3.63, 3.8) is 0 Å². The maximum Gasteiger partial charge on any atom is 0.0790 e. The number of hydrogen-bond donors (Lipinski definition) is 0. The van der Waals surface area contributed by atoms with Crippen LogP contribution in [0.15, 0.2) is 109 Å². The van der Waals surface area contributed by atoms with Crippen LogP contribution in [0.2, 0.25) is 0 Å². The highest BCUT2D eigenvalue weighted by Gasteiger charge is 2.10. The molecule has 4 aromatic carbocycles.